The number of aromatic nitrogens is 3. The molecule has 0 fully saturated rings. The fourth-order valence-corrected chi connectivity index (χ4v) is 3.54. The number of carbonyl (C=O) groups is 1. The van der Waals surface area contributed by atoms with Gasteiger partial charge in [-0.25, -0.2) is 0 Å². The lowest BCUT2D eigenvalue weighted by atomic mass is 10.1. The second-order valence-corrected chi connectivity index (χ2v) is 8.16. The van der Waals surface area contributed by atoms with E-state index in [9.17, 15) is 4.79 Å². The summed E-state index contributed by atoms with van der Waals surface area (Å²) in [4.78, 5) is 12.4. The zero-order chi connectivity index (χ0) is 18.7. The first kappa shape index (κ1) is 18.7. The van der Waals surface area contributed by atoms with Crippen LogP contribution < -0.4 is 5.32 Å². The minimum Gasteiger partial charge on any atom is -0.325 e. The van der Waals surface area contributed by atoms with Gasteiger partial charge < -0.3 is 9.88 Å². The van der Waals surface area contributed by atoms with E-state index < -0.39 is 0 Å². The third kappa shape index (κ3) is 4.16. The summed E-state index contributed by atoms with van der Waals surface area (Å²) >= 11 is 4.77. The number of nitrogens with one attached hydrogen (secondary N) is 1. The molecule has 1 atom stereocenters. The predicted octanol–water partition coefficient (Wildman–Crippen LogP) is 4.67. The first-order valence-electron chi connectivity index (χ1n) is 8.14. The molecule has 0 spiro atoms. The summed E-state index contributed by atoms with van der Waals surface area (Å²) in [5.41, 5.74) is 2.95. The SMILES string of the molecule is Cc1ccccc1-c1nnc(SC(C)C(=O)Nc2ccc(Br)cc2)n1C. The Morgan fingerprint density at radius 1 is 1.15 bits per heavy atom. The molecular weight excluding hydrogens is 412 g/mol. The Bertz CT molecular complexity index is 924. The molecule has 0 aliphatic rings. The monoisotopic (exact) mass is 430 g/mol. The number of aryl methyl sites for hydroxylation is 1. The molecule has 1 N–H and O–H groups in total. The van der Waals surface area contributed by atoms with Crippen molar-refractivity contribution in [2.75, 3.05) is 5.32 Å². The molecule has 0 aliphatic carbocycles. The summed E-state index contributed by atoms with van der Waals surface area (Å²) in [5, 5.41) is 11.9. The first-order valence-corrected chi connectivity index (χ1v) is 9.81. The molecule has 1 unspecified atom stereocenters. The summed E-state index contributed by atoms with van der Waals surface area (Å²) in [6.07, 6.45) is 0. The van der Waals surface area contributed by atoms with Crippen LogP contribution in [0, 0.1) is 6.92 Å². The average Bonchev–Trinajstić information content (AvgIpc) is 2.98. The number of rotatable bonds is 5. The van der Waals surface area contributed by atoms with Gasteiger partial charge in [0.1, 0.15) is 0 Å². The molecule has 26 heavy (non-hydrogen) atoms. The number of benzene rings is 2. The van der Waals surface area contributed by atoms with E-state index in [4.69, 9.17) is 0 Å². The molecular formula is C19H19BrN4OS. The molecule has 0 aliphatic heterocycles. The number of hydrogen-bond donors (Lipinski definition) is 1. The fraction of sp³-hybridized carbons (Fsp3) is 0.211. The number of anilines is 1. The average molecular weight is 431 g/mol. The molecule has 3 aromatic rings. The lowest BCUT2D eigenvalue weighted by Gasteiger charge is -2.12. The topological polar surface area (TPSA) is 59.8 Å². The van der Waals surface area contributed by atoms with E-state index in [1.807, 2.05) is 74.0 Å². The van der Waals surface area contributed by atoms with E-state index >= 15 is 0 Å². The molecule has 1 amide bonds. The fourth-order valence-electron chi connectivity index (χ4n) is 2.46. The van der Waals surface area contributed by atoms with Gasteiger partial charge in [-0.1, -0.05) is 52.0 Å². The number of hydrogen-bond acceptors (Lipinski definition) is 4. The first-order chi connectivity index (χ1) is 12.5. The highest BCUT2D eigenvalue weighted by atomic mass is 79.9. The minimum absolute atomic E-state index is 0.0715. The summed E-state index contributed by atoms with van der Waals surface area (Å²) < 4.78 is 2.90. The van der Waals surface area contributed by atoms with Gasteiger partial charge in [0.15, 0.2) is 11.0 Å². The second-order valence-electron chi connectivity index (χ2n) is 5.94. The van der Waals surface area contributed by atoms with E-state index in [1.54, 1.807) is 0 Å². The van der Waals surface area contributed by atoms with Crippen LogP contribution in [-0.2, 0) is 11.8 Å². The van der Waals surface area contributed by atoms with Crippen LogP contribution in [0.5, 0.6) is 0 Å². The number of halogens is 1. The van der Waals surface area contributed by atoms with Crippen LogP contribution in [0.2, 0.25) is 0 Å². The van der Waals surface area contributed by atoms with E-state index in [1.165, 1.54) is 11.8 Å². The van der Waals surface area contributed by atoms with Gasteiger partial charge in [-0.2, -0.15) is 0 Å². The number of amides is 1. The Hall–Kier alpha value is -2.12. The second kappa shape index (κ2) is 8.05. The summed E-state index contributed by atoms with van der Waals surface area (Å²) in [6, 6.07) is 15.6. The van der Waals surface area contributed by atoms with Gasteiger partial charge in [-0.15, -0.1) is 10.2 Å². The van der Waals surface area contributed by atoms with Crippen LogP contribution in [0.25, 0.3) is 11.4 Å². The van der Waals surface area contributed by atoms with E-state index in [0.717, 1.165) is 27.1 Å². The predicted molar refractivity (Wildman–Crippen MR) is 109 cm³/mol. The van der Waals surface area contributed by atoms with Crippen LogP contribution in [0.4, 0.5) is 5.69 Å². The third-order valence-electron chi connectivity index (χ3n) is 3.98. The quantitative estimate of drug-likeness (QED) is 0.597. The van der Waals surface area contributed by atoms with Crippen molar-refractivity contribution in [2.24, 2.45) is 7.05 Å². The Morgan fingerprint density at radius 2 is 1.85 bits per heavy atom. The van der Waals surface area contributed by atoms with Gasteiger partial charge >= 0.3 is 0 Å². The van der Waals surface area contributed by atoms with Crippen molar-refractivity contribution in [3.05, 3.63) is 58.6 Å². The van der Waals surface area contributed by atoms with Crippen molar-refractivity contribution in [1.29, 1.82) is 0 Å². The summed E-state index contributed by atoms with van der Waals surface area (Å²) in [6.45, 7) is 3.91. The van der Waals surface area contributed by atoms with Gasteiger partial charge in [-0.3, -0.25) is 4.79 Å². The lowest BCUT2D eigenvalue weighted by Crippen LogP contribution is -2.22. The van der Waals surface area contributed by atoms with E-state index in [0.29, 0.717) is 5.16 Å². The van der Waals surface area contributed by atoms with Crippen LogP contribution in [0.3, 0.4) is 0 Å². The Balaban J connectivity index is 1.71. The Morgan fingerprint density at radius 3 is 2.54 bits per heavy atom. The van der Waals surface area contributed by atoms with Crippen LogP contribution >= 0.6 is 27.7 Å². The molecule has 2 aromatic carbocycles. The highest BCUT2D eigenvalue weighted by Gasteiger charge is 2.20. The zero-order valence-electron chi connectivity index (χ0n) is 14.7. The van der Waals surface area contributed by atoms with Crippen molar-refractivity contribution >= 4 is 39.3 Å². The Kier molecular flexibility index (Phi) is 5.78. The van der Waals surface area contributed by atoms with Crippen molar-refractivity contribution in [3.8, 4) is 11.4 Å². The molecule has 3 rings (SSSR count). The molecule has 1 heterocycles. The summed E-state index contributed by atoms with van der Waals surface area (Å²) in [7, 11) is 1.92. The highest BCUT2D eigenvalue weighted by molar-refractivity contribution is 9.10. The number of carbonyl (C=O) groups excluding carboxylic acids is 1. The minimum atomic E-state index is -0.300. The maximum absolute atomic E-state index is 12.4. The summed E-state index contributed by atoms with van der Waals surface area (Å²) in [5.74, 6) is 0.726. The molecule has 0 radical (unpaired) electrons. The highest BCUT2D eigenvalue weighted by Crippen LogP contribution is 2.27. The molecule has 1 aromatic heterocycles. The molecule has 0 saturated carbocycles. The largest absolute Gasteiger partial charge is 0.325 e. The van der Waals surface area contributed by atoms with Crippen molar-refractivity contribution < 1.29 is 4.79 Å². The molecule has 0 bridgehead atoms. The van der Waals surface area contributed by atoms with Gasteiger partial charge in [-0.05, 0) is 43.7 Å². The van der Waals surface area contributed by atoms with Crippen molar-refractivity contribution in [3.63, 3.8) is 0 Å². The van der Waals surface area contributed by atoms with Gasteiger partial charge in [0.25, 0.3) is 0 Å². The maximum Gasteiger partial charge on any atom is 0.237 e. The lowest BCUT2D eigenvalue weighted by molar-refractivity contribution is -0.115. The Labute approximate surface area is 165 Å². The van der Waals surface area contributed by atoms with Gasteiger partial charge in [0.05, 0.1) is 5.25 Å². The smallest absolute Gasteiger partial charge is 0.237 e. The van der Waals surface area contributed by atoms with Gasteiger partial charge in [0.2, 0.25) is 5.91 Å². The van der Waals surface area contributed by atoms with Gasteiger partial charge in [0, 0.05) is 22.8 Å². The zero-order valence-corrected chi connectivity index (χ0v) is 17.1. The third-order valence-corrected chi connectivity index (χ3v) is 5.65. The molecule has 0 saturated heterocycles. The van der Waals surface area contributed by atoms with E-state index in [-0.39, 0.29) is 11.2 Å². The molecule has 5 nitrogen and oxygen atoms in total. The van der Waals surface area contributed by atoms with Crippen molar-refractivity contribution in [2.45, 2.75) is 24.3 Å². The van der Waals surface area contributed by atoms with E-state index in [2.05, 4.69) is 31.4 Å². The number of nitrogens with zero attached hydrogens (tertiary/aromatic N) is 3. The maximum atomic E-state index is 12.4. The normalized spacial score (nSPS) is 12.0. The standard InChI is InChI=1S/C19H19BrN4OS/c1-12-6-4-5-7-16(12)17-22-23-19(24(17)3)26-13(2)18(25)21-15-10-8-14(20)9-11-15/h4-11,13H,1-3H3,(H,21,25). The van der Waals surface area contributed by atoms with Crippen LogP contribution in [-0.4, -0.2) is 25.9 Å². The molecule has 134 valence electrons. The molecule has 7 heteroatoms. The number of thioether (sulfide) groups is 1. The van der Waals surface area contributed by atoms with Crippen LogP contribution in [0.15, 0.2) is 58.2 Å². The van der Waals surface area contributed by atoms with Crippen LogP contribution in [0.1, 0.15) is 12.5 Å². The van der Waals surface area contributed by atoms with Crippen molar-refractivity contribution in [1.82, 2.24) is 14.8 Å².